The standard InChI is InChI=1S/C18H17N3O3/c1-23-18(22)14-7-9-15(10-8-14)19-12-11-16-20-21-17(24-16)13-5-3-2-4-6-13/h2-10,19H,11-12H2,1H3. The number of hydrogen-bond acceptors (Lipinski definition) is 6. The predicted molar refractivity (Wildman–Crippen MR) is 89.7 cm³/mol. The fourth-order valence-corrected chi connectivity index (χ4v) is 2.21. The number of esters is 1. The van der Waals surface area contributed by atoms with Crippen LogP contribution in [0.15, 0.2) is 59.0 Å². The lowest BCUT2D eigenvalue weighted by molar-refractivity contribution is 0.0601. The molecule has 1 aromatic heterocycles. The third-order valence-electron chi connectivity index (χ3n) is 3.46. The van der Waals surface area contributed by atoms with E-state index in [2.05, 4.69) is 20.3 Å². The molecule has 24 heavy (non-hydrogen) atoms. The summed E-state index contributed by atoms with van der Waals surface area (Å²) in [6.07, 6.45) is 0.610. The normalized spacial score (nSPS) is 10.4. The van der Waals surface area contributed by atoms with E-state index in [9.17, 15) is 4.79 Å². The molecule has 0 aliphatic heterocycles. The number of methoxy groups -OCH3 is 1. The van der Waals surface area contributed by atoms with Gasteiger partial charge in [0, 0.05) is 24.2 Å². The summed E-state index contributed by atoms with van der Waals surface area (Å²) in [5.41, 5.74) is 2.33. The number of ether oxygens (including phenoxy) is 1. The molecular weight excluding hydrogens is 306 g/mol. The number of nitrogens with zero attached hydrogens (tertiary/aromatic N) is 2. The van der Waals surface area contributed by atoms with E-state index in [1.54, 1.807) is 12.1 Å². The van der Waals surface area contributed by atoms with Crippen molar-refractivity contribution in [1.82, 2.24) is 10.2 Å². The van der Waals surface area contributed by atoms with Crippen molar-refractivity contribution in [3.05, 3.63) is 66.1 Å². The van der Waals surface area contributed by atoms with Gasteiger partial charge in [-0.2, -0.15) is 0 Å². The van der Waals surface area contributed by atoms with Gasteiger partial charge in [-0.1, -0.05) is 18.2 Å². The average Bonchev–Trinajstić information content (AvgIpc) is 3.11. The number of carbonyl (C=O) groups is 1. The molecule has 0 fully saturated rings. The largest absolute Gasteiger partial charge is 0.465 e. The molecule has 1 N–H and O–H groups in total. The Kier molecular flexibility index (Phi) is 4.86. The Morgan fingerprint density at radius 3 is 2.54 bits per heavy atom. The third kappa shape index (κ3) is 3.78. The monoisotopic (exact) mass is 323 g/mol. The van der Waals surface area contributed by atoms with Gasteiger partial charge in [0.1, 0.15) is 0 Å². The van der Waals surface area contributed by atoms with Crippen LogP contribution in [-0.2, 0) is 11.2 Å². The molecule has 0 aliphatic carbocycles. The molecule has 122 valence electrons. The van der Waals surface area contributed by atoms with Crippen molar-refractivity contribution in [3.63, 3.8) is 0 Å². The van der Waals surface area contributed by atoms with E-state index in [-0.39, 0.29) is 5.97 Å². The van der Waals surface area contributed by atoms with Gasteiger partial charge in [0.05, 0.1) is 12.7 Å². The lowest BCUT2D eigenvalue weighted by Gasteiger charge is -2.05. The summed E-state index contributed by atoms with van der Waals surface area (Å²) in [5.74, 6) is 0.751. The number of carbonyl (C=O) groups excluding carboxylic acids is 1. The van der Waals surface area contributed by atoms with Gasteiger partial charge in [0.25, 0.3) is 0 Å². The van der Waals surface area contributed by atoms with Crippen molar-refractivity contribution in [3.8, 4) is 11.5 Å². The number of aromatic nitrogens is 2. The van der Waals surface area contributed by atoms with Gasteiger partial charge in [0.15, 0.2) is 0 Å². The summed E-state index contributed by atoms with van der Waals surface area (Å²) in [5, 5.41) is 11.4. The Labute approximate surface area is 139 Å². The summed E-state index contributed by atoms with van der Waals surface area (Å²) in [7, 11) is 1.36. The SMILES string of the molecule is COC(=O)c1ccc(NCCc2nnc(-c3ccccc3)o2)cc1. The van der Waals surface area contributed by atoms with Crippen LogP contribution in [0.25, 0.3) is 11.5 Å². The van der Waals surface area contributed by atoms with Crippen LogP contribution in [-0.4, -0.2) is 29.8 Å². The fraction of sp³-hybridized carbons (Fsp3) is 0.167. The van der Waals surface area contributed by atoms with E-state index in [4.69, 9.17) is 4.42 Å². The fourth-order valence-electron chi connectivity index (χ4n) is 2.21. The van der Waals surface area contributed by atoms with E-state index in [0.717, 1.165) is 11.3 Å². The van der Waals surface area contributed by atoms with Gasteiger partial charge in [-0.15, -0.1) is 10.2 Å². The molecule has 3 aromatic rings. The smallest absolute Gasteiger partial charge is 0.337 e. The maximum atomic E-state index is 11.4. The van der Waals surface area contributed by atoms with Crippen LogP contribution in [0.5, 0.6) is 0 Å². The first-order valence-corrected chi connectivity index (χ1v) is 7.56. The lowest BCUT2D eigenvalue weighted by Crippen LogP contribution is -2.06. The van der Waals surface area contributed by atoms with E-state index >= 15 is 0 Å². The summed E-state index contributed by atoms with van der Waals surface area (Å²) in [6.45, 7) is 0.647. The number of anilines is 1. The molecule has 0 bridgehead atoms. The van der Waals surface area contributed by atoms with E-state index in [1.807, 2.05) is 42.5 Å². The number of rotatable bonds is 6. The van der Waals surface area contributed by atoms with Crippen molar-refractivity contribution in [2.75, 3.05) is 19.0 Å². The van der Waals surface area contributed by atoms with Crippen molar-refractivity contribution < 1.29 is 13.9 Å². The van der Waals surface area contributed by atoms with Crippen LogP contribution >= 0.6 is 0 Å². The maximum absolute atomic E-state index is 11.4. The lowest BCUT2D eigenvalue weighted by atomic mass is 10.2. The Bertz CT molecular complexity index is 798. The highest BCUT2D eigenvalue weighted by molar-refractivity contribution is 5.89. The second-order valence-electron chi connectivity index (χ2n) is 5.11. The first-order chi connectivity index (χ1) is 11.8. The molecular formula is C18H17N3O3. The van der Waals surface area contributed by atoms with Crippen LogP contribution in [0.1, 0.15) is 16.2 Å². The molecule has 0 radical (unpaired) electrons. The van der Waals surface area contributed by atoms with Crippen LogP contribution < -0.4 is 5.32 Å². The van der Waals surface area contributed by atoms with E-state index < -0.39 is 0 Å². The summed E-state index contributed by atoms with van der Waals surface area (Å²) < 4.78 is 10.3. The number of benzene rings is 2. The van der Waals surface area contributed by atoms with E-state index in [1.165, 1.54) is 7.11 Å². The van der Waals surface area contributed by atoms with Gasteiger partial charge in [0.2, 0.25) is 11.8 Å². The summed E-state index contributed by atoms with van der Waals surface area (Å²) >= 11 is 0. The highest BCUT2D eigenvalue weighted by Crippen LogP contribution is 2.17. The molecule has 2 aromatic carbocycles. The van der Waals surface area contributed by atoms with Gasteiger partial charge >= 0.3 is 5.97 Å². The van der Waals surface area contributed by atoms with Crippen molar-refractivity contribution >= 4 is 11.7 Å². The maximum Gasteiger partial charge on any atom is 0.337 e. The average molecular weight is 323 g/mol. The predicted octanol–water partition coefficient (Wildman–Crippen LogP) is 3.18. The zero-order valence-corrected chi connectivity index (χ0v) is 13.2. The van der Waals surface area contributed by atoms with Crippen LogP contribution in [0.3, 0.4) is 0 Å². The topological polar surface area (TPSA) is 77.2 Å². The van der Waals surface area contributed by atoms with Crippen molar-refractivity contribution in [1.29, 1.82) is 0 Å². The van der Waals surface area contributed by atoms with Gasteiger partial charge in [-0.25, -0.2) is 4.79 Å². The molecule has 0 spiro atoms. The zero-order chi connectivity index (χ0) is 16.8. The van der Waals surface area contributed by atoms with E-state index in [0.29, 0.717) is 30.3 Å². The Morgan fingerprint density at radius 1 is 1.08 bits per heavy atom. The molecule has 0 amide bonds. The Morgan fingerprint density at radius 2 is 1.83 bits per heavy atom. The first-order valence-electron chi connectivity index (χ1n) is 7.56. The highest BCUT2D eigenvalue weighted by Gasteiger charge is 2.08. The Balaban J connectivity index is 1.53. The summed E-state index contributed by atoms with van der Waals surface area (Å²) in [4.78, 5) is 11.4. The molecule has 0 aliphatic rings. The second kappa shape index (κ2) is 7.41. The van der Waals surface area contributed by atoms with Crippen molar-refractivity contribution in [2.45, 2.75) is 6.42 Å². The molecule has 6 heteroatoms. The zero-order valence-electron chi connectivity index (χ0n) is 13.2. The number of hydrogen-bond donors (Lipinski definition) is 1. The van der Waals surface area contributed by atoms with Crippen molar-refractivity contribution in [2.24, 2.45) is 0 Å². The minimum atomic E-state index is -0.346. The first kappa shape index (κ1) is 15.7. The molecule has 6 nitrogen and oxygen atoms in total. The highest BCUT2D eigenvalue weighted by atomic mass is 16.5. The second-order valence-corrected chi connectivity index (χ2v) is 5.11. The molecule has 0 atom stereocenters. The molecule has 0 saturated carbocycles. The van der Waals surface area contributed by atoms with Gasteiger partial charge in [-0.3, -0.25) is 0 Å². The minimum absolute atomic E-state index is 0.346. The van der Waals surface area contributed by atoms with Gasteiger partial charge in [-0.05, 0) is 36.4 Å². The summed E-state index contributed by atoms with van der Waals surface area (Å²) in [6, 6.07) is 16.7. The minimum Gasteiger partial charge on any atom is -0.465 e. The van der Waals surface area contributed by atoms with Gasteiger partial charge < -0.3 is 14.5 Å². The third-order valence-corrected chi connectivity index (χ3v) is 3.46. The van der Waals surface area contributed by atoms with Crippen LogP contribution in [0.4, 0.5) is 5.69 Å². The number of nitrogens with one attached hydrogen (secondary N) is 1. The Hall–Kier alpha value is -3.15. The molecule has 0 unspecified atom stereocenters. The van der Waals surface area contributed by atoms with Crippen LogP contribution in [0, 0.1) is 0 Å². The molecule has 1 heterocycles. The van der Waals surface area contributed by atoms with Crippen LogP contribution in [0.2, 0.25) is 0 Å². The quantitative estimate of drug-likeness (QED) is 0.702. The molecule has 0 saturated heterocycles. The molecule has 3 rings (SSSR count).